The van der Waals surface area contributed by atoms with E-state index in [2.05, 4.69) is 10.4 Å². The highest BCUT2D eigenvalue weighted by atomic mass is 35.5. The molecule has 0 saturated carbocycles. The predicted octanol–water partition coefficient (Wildman–Crippen LogP) is 2.97. The van der Waals surface area contributed by atoms with Crippen LogP contribution in [0.4, 0.5) is 0 Å². The summed E-state index contributed by atoms with van der Waals surface area (Å²) in [6, 6.07) is 7.22. The number of hydrogen-bond donors (Lipinski definition) is 2. The number of carbonyl (C=O) groups excluding carboxylic acids is 1. The first-order valence-electron chi connectivity index (χ1n) is 7.65. The molecule has 1 atom stereocenters. The molecule has 2 N–H and O–H groups in total. The molecular formula is C17H22ClN3O2. The topological polar surface area (TPSA) is 67.2 Å². The molecular weight excluding hydrogens is 314 g/mol. The second-order valence-electron chi connectivity index (χ2n) is 6.04. The van der Waals surface area contributed by atoms with E-state index in [4.69, 9.17) is 11.6 Å². The van der Waals surface area contributed by atoms with E-state index in [-0.39, 0.29) is 12.5 Å². The van der Waals surface area contributed by atoms with Crippen molar-refractivity contribution in [2.75, 3.05) is 6.54 Å². The van der Waals surface area contributed by atoms with E-state index in [1.807, 2.05) is 26.0 Å². The standard InChI is InChI=1S/C17H22ClN3O2/c1-11(2)8-15(22)9-19-17(23)16-10-21(20-12(16)3)14-6-4-13(18)5-7-14/h4-7,10-11,15,22H,8-9H2,1-3H3,(H,19,23). The molecule has 2 rings (SSSR count). The Hall–Kier alpha value is -1.85. The van der Waals surface area contributed by atoms with Crippen molar-refractivity contribution in [1.82, 2.24) is 15.1 Å². The normalized spacial score (nSPS) is 12.4. The molecule has 1 amide bonds. The van der Waals surface area contributed by atoms with E-state index in [1.165, 1.54) is 0 Å². The van der Waals surface area contributed by atoms with Gasteiger partial charge in [-0.3, -0.25) is 4.79 Å². The van der Waals surface area contributed by atoms with Crippen LogP contribution in [-0.2, 0) is 0 Å². The average molecular weight is 336 g/mol. The van der Waals surface area contributed by atoms with Gasteiger partial charge in [0.2, 0.25) is 0 Å². The number of aryl methyl sites for hydroxylation is 1. The van der Waals surface area contributed by atoms with Gasteiger partial charge in [0.05, 0.1) is 23.0 Å². The Labute approximate surface area is 141 Å². The van der Waals surface area contributed by atoms with Crippen LogP contribution in [0.15, 0.2) is 30.5 Å². The van der Waals surface area contributed by atoms with Crippen LogP contribution in [0.1, 0.15) is 36.3 Å². The number of aliphatic hydroxyl groups is 1. The number of nitrogens with one attached hydrogen (secondary N) is 1. The molecule has 6 heteroatoms. The number of hydrogen-bond acceptors (Lipinski definition) is 3. The summed E-state index contributed by atoms with van der Waals surface area (Å²) in [6.07, 6.45) is 1.80. The summed E-state index contributed by atoms with van der Waals surface area (Å²) in [5.74, 6) is 0.154. The maximum Gasteiger partial charge on any atom is 0.254 e. The zero-order valence-corrected chi connectivity index (χ0v) is 14.3. The second kappa shape index (κ2) is 7.62. The van der Waals surface area contributed by atoms with Crippen molar-refractivity contribution >= 4 is 17.5 Å². The van der Waals surface area contributed by atoms with Crippen LogP contribution >= 0.6 is 11.6 Å². The first kappa shape index (κ1) is 17.5. The lowest BCUT2D eigenvalue weighted by atomic mass is 10.1. The number of aromatic nitrogens is 2. The van der Waals surface area contributed by atoms with Gasteiger partial charge in [-0.1, -0.05) is 25.4 Å². The Morgan fingerprint density at radius 2 is 2.00 bits per heavy atom. The predicted molar refractivity (Wildman–Crippen MR) is 91.1 cm³/mol. The van der Waals surface area contributed by atoms with Crippen LogP contribution in [0.5, 0.6) is 0 Å². The number of aliphatic hydroxyl groups excluding tert-OH is 1. The van der Waals surface area contributed by atoms with E-state index in [1.54, 1.807) is 29.9 Å². The average Bonchev–Trinajstić information content (AvgIpc) is 2.87. The summed E-state index contributed by atoms with van der Waals surface area (Å²) < 4.78 is 1.64. The van der Waals surface area contributed by atoms with Crippen LogP contribution in [0, 0.1) is 12.8 Å². The highest BCUT2D eigenvalue weighted by molar-refractivity contribution is 6.30. The van der Waals surface area contributed by atoms with Gasteiger partial charge in [0, 0.05) is 17.8 Å². The van der Waals surface area contributed by atoms with E-state index < -0.39 is 6.10 Å². The molecule has 2 aromatic rings. The Morgan fingerprint density at radius 1 is 1.35 bits per heavy atom. The fraction of sp³-hybridized carbons (Fsp3) is 0.412. The van der Waals surface area contributed by atoms with Crippen molar-refractivity contribution in [3.63, 3.8) is 0 Å². The lowest BCUT2D eigenvalue weighted by Gasteiger charge is -2.13. The van der Waals surface area contributed by atoms with E-state index >= 15 is 0 Å². The van der Waals surface area contributed by atoms with Gasteiger partial charge in [-0.2, -0.15) is 5.10 Å². The van der Waals surface area contributed by atoms with Gasteiger partial charge in [0.15, 0.2) is 0 Å². The molecule has 0 spiro atoms. The molecule has 0 fully saturated rings. The van der Waals surface area contributed by atoms with Gasteiger partial charge in [0.1, 0.15) is 0 Å². The summed E-state index contributed by atoms with van der Waals surface area (Å²) in [5.41, 5.74) is 1.96. The van der Waals surface area contributed by atoms with E-state index in [9.17, 15) is 9.90 Å². The summed E-state index contributed by atoms with van der Waals surface area (Å²) in [6.45, 7) is 6.09. The largest absolute Gasteiger partial charge is 0.391 e. The number of halogens is 1. The summed E-state index contributed by atoms with van der Waals surface area (Å²) in [5, 5.41) is 17.6. The molecule has 1 aromatic heterocycles. The highest BCUT2D eigenvalue weighted by Crippen LogP contribution is 2.15. The van der Waals surface area contributed by atoms with Crippen LogP contribution in [0.25, 0.3) is 5.69 Å². The van der Waals surface area contributed by atoms with Crippen LogP contribution in [-0.4, -0.2) is 33.4 Å². The molecule has 0 aliphatic rings. The van der Waals surface area contributed by atoms with Crippen molar-refractivity contribution in [3.8, 4) is 5.69 Å². The zero-order valence-electron chi connectivity index (χ0n) is 13.6. The monoisotopic (exact) mass is 335 g/mol. The fourth-order valence-electron chi connectivity index (χ4n) is 2.34. The summed E-state index contributed by atoms with van der Waals surface area (Å²) in [4.78, 5) is 12.3. The SMILES string of the molecule is Cc1nn(-c2ccc(Cl)cc2)cc1C(=O)NCC(O)CC(C)C. The number of amides is 1. The Kier molecular flexibility index (Phi) is 5.80. The van der Waals surface area contributed by atoms with Gasteiger partial charge >= 0.3 is 0 Å². The van der Waals surface area contributed by atoms with E-state index in [0.29, 0.717) is 28.6 Å². The second-order valence-corrected chi connectivity index (χ2v) is 6.48. The third kappa shape index (κ3) is 4.81. The van der Waals surface area contributed by atoms with Gasteiger partial charge in [-0.25, -0.2) is 4.68 Å². The molecule has 23 heavy (non-hydrogen) atoms. The summed E-state index contributed by atoms with van der Waals surface area (Å²) in [7, 11) is 0. The fourth-order valence-corrected chi connectivity index (χ4v) is 2.47. The maximum absolute atomic E-state index is 12.3. The Morgan fingerprint density at radius 3 is 2.61 bits per heavy atom. The maximum atomic E-state index is 12.3. The quantitative estimate of drug-likeness (QED) is 0.852. The molecule has 0 aliphatic heterocycles. The minimum Gasteiger partial charge on any atom is -0.391 e. The van der Waals surface area contributed by atoms with Gasteiger partial charge < -0.3 is 10.4 Å². The van der Waals surface area contributed by atoms with Gasteiger partial charge in [-0.15, -0.1) is 0 Å². The molecule has 0 radical (unpaired) electrons. The van der Waals surface area contributed by atoms with Crippen molar-refractivity contribution in [2.24, 2.45) is 5.92 Å². The number of carbonyl (C=O) groups is 1. The van der Waals surface area contributed by atoms with Crippen molar-refractivity contribution in [1.29, 1.82) is 0 Å². The molecule has 5 nitrogen and oxygen atoms in total. The Bertz CT molecular complexity index is 665. The smallest absolute Gasteiger partial charge is 0.254 e. The molecule has 124 valence electrons. The molecule has 1 aromatic carbocycles. The number of nitrogens with zero attached hydrogens (tertiary/aromatic N) is 2. The van der Waals surface area contributed by atoms with Crippen LogP contribution in [0.2, 0.25) is 5.02 Å². The molecule has 1 unspecified atom stereocenters. The van der Waals surface area contributed by atoms with Gasteiger partial charge in [0.25, 0.3) is 5.91 Å². The Balaban J connectivity index is 2.05. The molecule has 0 aliphatic carbocycles. The van der Waals surface area contributed by atoms with Crippen molar-refractivity contribution < 1.29 is 9.90 Å². The lowest BCUT2D eigenvalue weighted by molar-refractivity contribution is 0.0899. The number of rotatable bonds is 6. The van der Waals surface area contributed by atoms with E-state index in [0.717, 1.165) is 5.69 Å². The first-order valence-corrected chi connectivity index (χ1v) is 8.03. The van der Waals surface area contributed by atoms with Crippen molar-refractivity contribution in [2.45, 2.75) is 33.3 Å². The third-order valence-corrected chi connectivity index (χ3v) is 3.73. The third-order valence-electron chi connectivity index (χ3n) is 3.48. The minimum atomic E-state index is -0.537. The minimum absolute atomic E-state index is 0.231. The highest BCUT2D eigenvalue weighted by Gasteiger charge is 2.15. The molecule has 0 bridgehead atoms. The lowest BCUT2D eigenvalue weighted by Crippen LogP contribution is -2.32. The van der Waals surface area contributed by atoms with Crippen LogP contribution in [0.3, 0.4) is 0 Å². The molecule has 1 heterocycles. The first-order chi connectivity index (χ1) is 10.9. The van der Waals surface area contributed by atoms with Crippen LogP contribution < -0.4 is 5.32 Å². The van der Waals surface area contributed by atoms with Crippen molar-refractivity contribution in [3.05, 3.63) is 46.7 Å². The summed E-state index contributed by atoms with van der Waals surface area (Å²) >= 11 is 5.88. The zero-order chi connectivity index (χ0) is 17.0. The number of benzene rings is 1. The van der Waals surface area contributed by atoms with Gasteiger partial charge in [-0.05, 0) is 43.5 Å². The molecule has 0 saturated heterocycles.